The molecule has 1 aliphatic carbocycles. The molecule has 1 fully saturated rings. The molecule has 1 aliphatic rings. The van der Waals surface area contributed by atoms with Gasteiger partial charge in [-0.15, -0.1) is 0 Å². The standard InChI is InChI=1S/C26H36O4/c1-19-3-5-21(6-4-19)22-7-9-23(10-8-22)24-11-12-26(25(15-24)13-14-29-2)30-18-20(16-27)17-28/h7-12,15,19-21,27-28H,3-6,13-14,16-18H2,1-2H3. The quantitative estimate of drug-likeness (QED) is 0.588. The molecule has 0 aliphatic heterocycles. The lowest BCUT2D eigenvalue weighted by atomic mass is 9.79. The maximum absolute atomic E-state index is 9.28. The van der Waals surface area contributed by atoms with E-state index in [0.29, 0.717) is 19.1 Å². The molecule has 0 unspecified atom stereocenters. The van der Waals surface area contributed by atoms with Crippen LogP contribution in [0.15, 0.2) is 42.5 Å². The molecule has 2 aromatic carbocycles. The monoisotopic (exact) mass is 412 g/mol. The van der Waals surface area contributed by atoms with Gasteiger partial charge in [0.05, 0.1) is 26.4 Å². The smallest absolute Gasteiger partial charge is 0.122 e. The van der Waals surface area contributed by atoms with Gasteiger partial charge in [-0.1, -0.05) is 50.1 Å². The van der Waals surface area contributed by atoms with Gasteiger partial charge in [0.2, 0.25) is 0 Å². The topological polar surface area (TPSA) is 58.9 Å². The Balaban J connectivity index is 1.74. The van der Waals surface area contributed by atoms with Crippen LogP contribution in [0, 0.1) is 11.8 Å². The van der Waals surface area contributed by atoms with E-state index in [1.165, 1.54) is 36.8 Å². The first kappa shape index (κ1) is 22.8. The van der Waals surface area contributed by atoms with Crippen molar-refractivity contribution >= 4 is 0 Å². The van der Waals surface area contributed by atoms with Gasteiger partial charge in [0.1, 0.15) is 5.75 Å². The van der Waals surface area contributed by atoms with E-state index in [0.717, 1.165) is 29.2 Å². The first-order valence-electron chi connectivity index (χ1n) is 11.2. The lowest BCUT2D eigenvalue weighted by Gasteiger charge is -2.26. The molecule has 4 heteroatoms. The highest BCUT2D eigenvalue weighted by atomic mass is 16.5. The second kappa shape index (κ2) is 11.5. The number of benzene rings is 2. The minimum Gasteiger partial charge on any atom is -0.493 e. The van der Waals surface area contributed by atoms with Gasteiger partial charge < -0.3 is 19.7 Å². The highest BCUT2D eigenvalue weighted by molar-refractivity contribution is 5.66. The van der Waals surface area contributed by atoms with Gasteiger partial charge in [-0.2, -0.15) is 0 Å². The third kappa shape index (κ3) is 6.07. The molecule has 0 bridgehead atoms. The third-order valence-electron chi connectivity index (χ3n) is 6.36. The van der Waals surface area contributed by atoms with E-state index in [-0.39, 0.29) is 19.1 Å². The van der Waals surface area contributed by atoms with Crippen LogP contribution in [-0.2, 0) is 11.2 Å². The Bertz CT molecular complexity index is 759. The van der Waals surface area contributed by atoms with Crippen LogP contribution in [0.3, 0.4) is 0 Å². The van der Waals surface area contributed by atoms with Crippen LogP contribution in [0.4, 0.5) is 0 Å². The van der Waals surface area contributed by atoms with Gasteiger partial charge in [0, 0.05) is 13.0 Å². The Morgan fingerprint density at radius 3 is 2.23 bits per heavy atom. The van der Waals surface area contributed by atoms with Crippen molar-refractivity contribution in [1.29, 1.82) is 0 Å². The molecule has 3 rings (SSSR count). The van der Waals surface area contributed by atoms with E-state index in [4.69, 9.17) is 9.47 Å². The molecular formula is C26H36O4. The van der Waals surface area contributed by atoms with E-state index in [9.17, 15) is 10.2 Å². The zero-order valence-electron chi connectivity index (χ0n) is 18.3. The predicted octanol–water partition coefficient (Wildman–Crippen LogP) is 4.82. The minimum atomic E-state index is -0.268. The van der Waals surface area contributed by atoms with E-state index in [1.807, 2.05) is 6.07 Å². The molecular weight excluding hydrogens is 376 g/mol. The Hall–Kier alpha value is -1.88. The normalized spacial score (nSPS) is 19.2. The van der Waals surface area contributed by atoms with Crippen LogP contribution >= 0.6 is 0 Å². The van der Waals surface area contributed by atoms with Gasteiger partial charge >= 0.3 is 0 Å². The molecule has 30 heavy (non-hydrogen) atoms. The third-order valence-corrected chi connectivity index (χ3v) is 6.36. The second-order valence-corrected chi connectivity index (χ2v) is 8.69. The van der Waals surface area contributed by atoms with Gasteiger partial charge in [0.25, 0.3) is 0 Å². The number of aliphatic hydroxyl groups is 2. The molecule has 0 heterocycles. The Morgan fingerprint density at radius 1 is 0.933 bits per heavy atom. The molecule has 0 amide bonds. The summed E-state index contributed by atoms with van der Waals surface area (Å²) in [6.07, 6.45) is 6.03. The summed E-state index contributed by atoms with van der Waals surface area (Å²) in [6.45, 7) is 3.09. The Morgan fingerprint density at radius 2 is 1.60 bits per heavy atom. The fourth-order valence-electron chi connectivity index (χ4n) is 4.22. The summed E-state index contributed by atoms with van der Waals surface area (Å²) in [7, 11) is 1.70. The first-order valence-corrected chi connectivity index (χ1v) is 11.2. The number of ether oxygens (including phenoxy) is 2. The number of methoxy groups -OCH3 is 1. The minimum absolute atomic E-state index is 0.0890. The largest absolute Gasteiger partial charge is 0.493 e. The average Bonchev–Trinajstić information content (AvgIpc) is 2.79. The molecule has 0 aromatic heterocycles. The van der Waals surface area contributed by atoms with Crippen LogP contribution < -0.4 is 4.74 Å². The summed E-state index contributed by atoms with van der Waals surface area (Å²) in [5.41, 5.74) is 4.91. The van der Waals surface area contributed by atoms with E-state index >= 15 is 0 Å². The summed E-state index contributed by atoms with van der Waals surface area (Å²) in [5.74, 6) is 2.09. The summed E-state index contributed by atoms with van der Waals surface area (Å²) >= 11 is 0. The van der Waals surface area contributed by atoms with Gasteiger partial charge in [-0.3, -0.25) is 0 Å². The lowest BCUT2D eigenvalue weighted by molar-refractivity contribution is 0.105. The first-order chi connectivity index (χ1) is 14.6. The Labute approximate surface area is 180 Å². The summed E-state index contributed by atoms with van der Waals surface area (Å²) in [5, 5.41) is 18.6. The van der Waals surface area contributed by atoms with Gasteiger partial charge in [-0.25, -0.2) is 0 Å². The molecule has 2 N–H and O–H groups in total. The number of hydrogen-bond acceptors (Lipinski definition) is 4. The van der Waals surface area contributed by atoms with Crippen LogP contribution in [0.2, 0.25) is 0 Å². The van der Waals surface area contributed by atoms with Crippen molar-refractivity contribution in [2.24, 2.45) is 11.8 Å². The van der Waals surface area contributed by atoms with Crippen molar-refractivity contribution in [1.82, 2.24) is 0 Å². The van der Waals surface area contributed by atoms with Crippen LogP contribution in [-0.4, -0.2) is 43.8 Å². The molecule has 0 spiro atoms. The van der Waals surface area contributed by atoms with Crippen molar-refractivity contribution in [3.05, 3.63) is 53.6 Å². The molecule has 0 atom stereocenters. The highest BCUT2D eigenvalue weighted by Crippen LogP contribution is 2.36. The lowest BCUT2D eigenvalue weighted by Crippen LogP contribution is -2.20. The van der Waals surface area contributed by atoms with E-state index < -0.39 is 0 Å². The second-order valence-electron chi connectivity index (χ2n) is 8.69. The average molecular weight is 413 g/mol. The number of aliphatic hydroxyl groups excluding tert-OH is 2. The van der Waals surface area contributed by atoms with E-state index in [1.54, 1.807) is 7.11 Å². The zero-order valence-corrected chi connectivity index (χ0v) is 18.3. The molecule has 0 saturated heterocycles. The molecule has 4 nitrogen and oxygen atoms in total. The summed E-state index contributed by atoms with van der Waals surface area (Å²) < 4.78 is 11.2. The summed E-state index contributed by atoms with van der Waals surface area (Å²) in [4.78, 5) is 0. The van der Waals surface area contributed by atoms with Crippen molar-refractivity contribution in [3.63, 3.8) is 0 Å². The fraction of sp³-hybridized carbons (Fsp3) is 0.538. The van der Waals surface area contributed by atoms with Gasteiger partial charge in [0.15, 0.2) is 0 Å². The van der Waals surface area contributed by atoms with Crippen molar-refractivity contribution in [2.45, 2.75) is 44.9 Å². The number of rotatable bonds is 10. The molecule has 0 radical (unpaired) electrons. The van der Waals surface area contributed by atoms with Crippen molar-refractivity contribution in [2.75, 3.05) is 33.5 Å². The van der Waals surface area contributed by atoms with Crippen molar-refractivity contribution < 1.29 is 19.7 Å². The zero-order chi connectivity index (χ0) is 21.3. The summed E-state index contributed by atoms with van der Waals surface area (Å²) in [6, 6.07) is 15.3. The number of hydrogen-bond donors (Lipinski definition) is 2. The van der Waals surface area contributed by atoms with Crippen LogP contribution in [0.1, 0.15) is 49.7 Å². The maximum Gasteiger partial charge on any atom is 0.122 e. The fourth-order valence-corrected chi connectivity index (χ4v) is 4.22. The Kier molecular flexibility index (Phi) is 8.74. The maximum atomic E-state index is 9.28. The molecule has 2 aromatic rings. The molecule has 1 saturated carbocycles. The van der Waals surface area contributed by atoms with Crippen LogP contribution in [0.25, 0.3) is 11.1 Å². The SMILES string of the molecule is COCCc1cc(-c2ccc(C3CCC(C)CC3)cc2)ccc1OCC(CO)CO. The predicted molar refractivity (Wildman–Crippen MR) is 121 cm³/mol. The van der Waals surface area contributed by atoms with Crippen molar-refractivity contribution in [3.8, 4) is 16.9 Å². The molecule has 164 valence electrons. The van der Waals surface area contributed by atoms with E-state index in [2.05, 4.69) is 43.3 Å². The highest BCUT2D eigenvalue weighted by Gasteiger charge is 2.19. The van der Waals surface area contributed by atoms with Gasteiger partial charge in [-0.05, 0) is 65.5 Å². The van der Waals surface area contributed by atoms with Crippen LogP contribution in [0.5, 0.6) is 5.75 Å².